The van der Waals surface area contributed by atoms with Crippen molar-refractivity contribution < 1.29 is 8.42 Å². The lowest BCUT2D eigenvalue weighted by Crippen LogP contribution is -2.29. The summed E-state index contributed by atoms with van der Waals surface area (Å²) in [4.78, 5) is 4.31. The molecule has 1 aromatic heterocycles. The molecule has 2 N–H and O–H groups in total. The summed E-state index contributed by atoms with van der Waals surface area (Å²) in [5.41, 5.74) is 0.929. The van der Waals surface area contributed by atoms with Crippen LogP contribution in [0.15, 0.2) is 5.38 Å². The number of nitrogens with zero attached hydrogens (tertiary/aromatic N) is 1. The average molecular weight is 319 g/mol. The number of aromatic nitrogens is 1. The lowest BCUT2D eigenvalue weighted by Gasteiger charge is -2.12. The second kappa shape index (κ2) is 8.71. The van der Waals surface area contributed by atoms with Gasteiger partial charge in [0.15, 0.2) is 0 Å². The highest BCUT2D eigenvalue weighted by molar-refractivity contribution is 7.89. The number of hydrogen-bond acceptors (Lipinski definition) is 5. The SMILES string of the molecule is CCCNCCCCS(=O)(=O)NC(C)c1nc(C)cs1. The van der Waals surface area contributed by atoms with E-state index in [1.54, 1.807) is 0 Å². The van der Waals surface area contributed by atoms with Gasteiger partial charge in [0.25, 0.3) is 0 Å². The summed E-state index contributed by atoms with van der Waals surface area (Å²) in [6.45, 7) is 7.72. The molecule has 20 heavy (non-hydrogen) atoms. The Kier molecular flexibility index (Phi) is 7.65. The molecule has 0 aliphatic rings. The van der Waals surface area contributed by atoms with Crippen molar-refractivity contribution in [1.82, 2.24) is 15.0 Å². The zero-order valence-electron chi connectivity index (χ0n) is 12.5. The minimum Gasteiger partial charge on any atom is -0.317 e. The van der Waals surface area contributed by atoms with E-state index in [0.29, 0.717) is 6.42 Å². The fourth-order valence-corrected chi connectivity index (χ4v) is 4.02. The second-order valence-electron chi connectivity index (χ2n) is 4.94. The summed E-state index contributed by atoms with van der Waals surface area (Å²) in [6, 6.07) is -0.253. The number of hydrogen-bond donors (Lipinski definition) is 2. The topological polar surface area (TPSA) is 71.1 Å². The summed E-state index contributed by atoms with van der Waals surface area (Å²) < 4.78 is 26.6. The summed E-state index contributed by atoms with van der Waals surface area (Å²) in [5, 5.41) is 6.01. The number of unbranched alkanes of at least 4 members (excludes halogenated alkanes) is 1. The van der Waals surface area contributed by atoms with Crippen LogP contribution < -0.4 is 10.0 Å². The number of nitrogens with one attached hydrogen (secondary N) is 2. The monoisotopic (exact) mass is 319 g/mol. The first-order valence-electron chi connectivity index (χ1n) is 7.07. The van der Waals surface area contributed by atoms with Gasteiger partial charge in [-0.2, -0.15) is 0 Å². The van der Waals surface area contributed by atoms with E-state index >= 15 is 0 Å². The van der Waals surface area contributed by atoms with Crippen LogP contribution in [-0.4, -0.2) is 32.2 Å². The average Bonchev–Trinajstić information content (AvgIpc) is 2.80. The standard InChI is InChI=1S/C13H25N3O2S2/c1-4-7-14-8-5-6-9-20(17,18)16-12(3)13-15-11(2)10-19-13/h10,12,14,16H,4-9H2,1-3H3. The maximum Gasteiger partial charge on any atom is 0.212 e. The van der Waals surface area contributed by atoms with Crippen LogP contribution in [0.3, 0.4) is 0 Å². The molecule has 0 aliphatic heterocycles. The van der Waals surface area contributed by atoms with E-state index < -0.39 is 10.0 Å². The first-order chi connectivity index (χ1) is 9.44. The number of aryl methyl sites for hydroxylation is 1. The molecule has 0 amide bonds. The van der Waals surface area contributed by atoms with Crippen LogP contribution in [0, 0.1) is 6.92 Å². The van der Waals surface area contributed by atoms with Crippen LogP contribution in [0.5, 0.6) is 0 Å². The number of thiazole rings is 1. The highest BCUT2D eigenvalue weighted by atomic mass is 32.2. The molecule has 0 aromatic carbocycles. The predicted octanol–water partition coefficient (Wildman–Crippen LogP) is 2.21. The quantitative estimate of drug-likeness (QED) is 0.649. The van der Waals surface area contributed by atoms with Crippen LogP contribution in [-0.2, 0) is 10.0 Å². The Morgan fingerprint density at radius 1 is 1.35 bits per heavy atom. The molecular weight excluding hydrogens is 294 g/mol. The largest absolute Gasteiger partial charge is 0.317 e. The second-order valence-corrected chi connectivity index (χ2v) is 7.71. The lowest BCUT2D eigenvalue weighted by atomic mass is 10.3. The van der Waals surface area contributed by atoms with E-state index in [4.69, 9.17) is 0 Å². The fraction of sp³-hybridized carbons (Fsp3) is 0.769. The highest BCUT2D eigenvalue weighted by Gasteiger charge is 2.17. The van der Waals surface area contributed by atoms with Gasteiger partial charge in [-0.25, -0.2) is 18.1 Å². The molecular formula is C13H25N3O2S2. The van der Waals surface area contributed by atoms with Crippen molar-refractivity contribution in [3.8, 4) is 0 Å². The third-order valence-electron chi connectivity index (χ3n) is 2.81. The molecule has 1 rings (SSSR count). The van der Waals surface area contributed by atoms with Gasteiger partial charge in [0.05, 0.1) is 11.8 Å². The molecule has 116 valence electrons. The molecule has 0 radical (unpaired) electrons. The maximum absolute atomic E-state index is 12.0. The molecule has 0 fully saturated rings. The predicted molar refractivity (Wildman–Crippen MR) is 84.6 cm³/mol. The van der Waals surface area contributed by atoms with Crippen molar-refractivity contribution in [2.45, 2.75) is 46.1 Å². The van der Waals surface area contributed by atoms with Gasteiger partial charge >= 0.3 is 0 Å². The Bertz CT molecular complexity index is 486. The molecule has 1 aromatic rings. The van der Waals surface area contributed by atoms with Gasteiger partial charge in [-0.1, -0.05) is 6.92 Å². The Balaban J connectivity index is 2.30. The maximum atomic E-state index is 12.0. The van der Waals surface area contributed by atoms with Gasteiger partial charge in [0.1, 0.15) is 5.01 Å². The van der Waals surface area contributed by atoms with Crippen molar-refractivity contribution in [2.24, 2.45) is 0 Å². The third-order valence-corrected chi connectivity index (χ3v) is 5.49. The van der Waals surface area contributed by atoms with Crippen molar-refractivity contribution in [3.05, 3.63) is 16.1 Å². The zero-order valence-corrected chi connectivity index (χ0v) is 14.1. The van der Waals surface area contributed by atoms with Crippen molar-refractivity contribution in [1.29, 1.82) is 0 Å². The lowest BCUT2D eigenvalue weighted by molar-refractivity contribution is 0.559. The highest BCUT2D eigenvalue weighted by Crippen LogP contribution is 2.18. The molecule has 1 unspecified atom stereocenters. The van der Waals surface area contributed by atoms with Crippen LogP contribution in [0.2, 0.25) is 0 Å². The van der Waals surface area contributed by atoms with Crippen molar-refractivity contribution in [2.75, 3.05) is 18.8 Å². The van der Waals surface area contributed by atoms with Gasteiger partial charge in [0, 0.05) is 11.1 Å². The Labute approximate surface area is 126 Å². The van der Waals surface area contributed by atoms with Crippen LogP contribution in [0.4, 0.5) is 0 Å². The smallest absolute Gasteiger partial charge is 0.212 e. The van der Waals surface area contributed by atoms with Crippen LogP contribution in [0.1, 0.15) is 49.9 Å². The molecule has 0 spiro atoms. The van der Waals surface area contributed by atoms with Crippen LogP contribution >= 0.6 is 11.3 Å². The van der Waals surface area contributed by atoms with E-state index in [2.05, 4.69) is 21.9 Å². The first-order valence-corrected chi connectivity index (χ1v) is 9.60. The molecule has 0 saturated heterocycles. The molecule has 1 atom stereocenters. The van der Waals surface area contributed by atoms with E-state index in [9.17, 15) is 8.42 Å². The Morgan fingerprint density at radius 2 is 2.10 bits per heavy atom. The number of sulfonamides is 1. The van der Waals surface area contributed by atoms with E-state index in [1.807, 2.05) is 19.2 Å². The number of rotatable bonds is 10. The van der Waals surface area contributed by atoms with Crippen molar-refractivity contribution in [3.63, 3.8) is 0 Å². The Morgan fingerprint density at radius 3 is 2.70 bits per heavy atom. The summed E-state index contributed by atoms with van der Waals surface area (Å²) in [6.07, 6.45) is 2.66. The third kappa shape index (κ3) is 6.78. The van der Waals surface area contributed by atoms with Crippen molar-refractivity contribution >= 4 is 21.4 Å². The van der Waals surface area contributed by atoms with E-state index in [1.165, 1.54) is 11.3 Å². The fourth-order valence-electron chi connectivity index (χ4n) is 1.79. The normalized spacial score (nSPS) is 13.6. The molecule has 0 saturated carbocycles. The molecule has 0 aliphatic carbocycles. The van der Waals surface area contributed by atoms with Gasteiger partial charge < -0.3 is 5.32 Å². The first kappa shape index (κ1) is 17.6. The minimum absolute atomic E-state index is 0.176. The summed E-state index contributed by atoms with van der Waals surface area (Å²) in [7, 11) is -3.22. The van der Waals surface area contributed by atoms with Gasteiger partial charge in [0.2, 0.25) is 10.0 Å². The molecule has 7 heteroatoms. The summed E-state index contributed by atoms with van der Waals surface area (Å²) in [5.74, 6) is 0.176. The molecule has 5 nitrogen and oxygen atoms in total. The van der Waals surface area contributed by atoms with Gasteiger partial charge in [-0.15, -0.1) is 11.3 Å². The van der Waals surface area contributed by atoms with Crippen LogP contribution in [0.25, 0.3) is 0 Å². The summed E-state index contributed by atoms with van der Waals surface area (Å²) >= 11 is 1.49. The molecule has 1 heterocycles. The minimum atomic E-state index is -3.22. The van der Waals surface area contributed by atoms with E-state index in [-0.39, 0.29) is 11.8 Å². The van der Waals surface area contributed by atoms with Gasteiger partial charge in [-0.05, 0) is 46.2 Å². The van der Waals surface area contributed by atoms with Gasteiger partial charge in [-0.3, -0.25) is 0 Å². The zero-order chi connectivity index (χ0) is 15.0. The Hall–Kier alpha value is -0.500. The molecule has 0 bridgehead atoms. The van der Waals surface area contributed by atoms with E-state index in [0.717, 1.165) is 36.6 Å².